The van der Waals surface area contributed by atoms with Crippen molar-refractivity contribution in [3.63, 3.8) is 0 Å². The summed E-state index contributed by atoms with van der Waals surface area (Å²) in [4.78, 5) is 26.2. The number of hydrogen-bond acceptors (Lipinski definition) is 3. The van der Waals surface area contributed by atoms with Gasteiger partial charge in [-0.2, -0.15) is 0 Å². The van der Waals surface area contributed by atoms with Gasteiger partial charge in [-0.1, -0.05) is 11.6 Å². The number of hydrogen-bond donors (Lipinski definition) is 0. The number of aromatic nitrogens is 1. The molecule has 0 saturated carbocycles. The van der Waals surface area contributed by atoms with E-state index in [9.17, 15) is 9.59 Å². The van der Waals surface area contributed by atoms with Crippen molar-refractivity contribution in [2.75, 3.05) is 0 Å². The molecule has 0 aliphatic carbocycles. The minimum absolute atomic E-state index is 0.0489. The molecule has 16 heavy (non-hydrogen) atoms. The average molecular weight is 240 g/mol. The van der Waals surface area contributed by atoms with Crippen molar-refractivity contribution in [3.8, 4) is 0 Å². The summed E-state index contributed by atoms with van der Waals surface area (Å²) in [5, 5.41) is 0.328. The largest absolute Gasteiger partial charge is 0.300 e. The van der Waals surface area contributed by atoms with Crippen LogP contribution in [0.25, 0.3) is 0 Å². The lowest BCUT2D eigenvalue weighted by Crippen LogP contribution is -2.00. The Morgan fingerprint density at radius 2 is 2.00 bits per heavy atom. The Labute approximate surface area is 99.8 Å². The highest BCUT2D eigenvalue weighted by atomic mass is 35.5. The molecule has 86 valence electrons. The maximum absolute atomic E-state index is 11.7. The lowest BCUT2D eigenvalue weighted by molar-refractivity contribution is -0.117. The van der Waals surface area contributed by atoms with Gasteiger partial charge in [0.25, 0.3) is 0 Å². The van der Waals surface area contributed by atoms with Crippen LogP contribution in [-0.4, -0.2) is 16.6 Å². The zero-order valence-electron chi connectivity index (χ0n) is 9.20. The number of carbonyl (C=O) groups is 2. The molecule has 0 aromatic carbocycles. The molecule has 0 spiro atoms. The van der Waals surface area contributed by atoms with E-state index in [-0.39, 0.29) is 11.6 Å². The first kappa shape index (κ1) is 12.8. The third-order valence-electron chi connectivity index (χ3n) is 2.23. The molecule has 0 saturated heterocycles. The van der Waals surface area contributed by atoms with E-state index in [0.717, 1.165) is 12.8 Å². The summed E-state index contributed by atoms with van der Waals surface area (Å²) in [5.41, 5.74) is 0.586. The Kier molecular flexibility index (Phi) is 5.12. The molecule has 1 aromatic rings. The second-order valence-electron chi connectivity index (χ2n) is 3.70. The minimum Gasteiger partial charge on any atom is -0.300 e. The van der Waals surface area contributed by atoms with Crippen LogP contribution < -0.4 is 0 Å². The second kappa shape index (κ2) is 6.38. The second-order valence-corrected chi connectivity index (χ2v) is 4.09. The van der Waals surface area contributed by atoms with Gasteiger partial charge in [-0.3, -0.25) is 4.79 Å². The number of unbranched alkanes of at least 4 members (excludes halogenated alkanes) is 1. The number of pyridine rings is 1. The molecule has 0 aliphatic rings. The van der Waals surface area contributed by atoms with Crippen molar-refractivity contribution in [1.82, 2.24) is 4.98 Å². The van der Waals surface area contributed by atoms with Gasteiger partial charge >= 0.3 is 0 Å². The van der Waals surface area contributed by atoms with Crippen LogP contribution in [0.3, 0.4) is 0 Å². The fourth-order valence-electron chi connectivity index (χ4n) is 1.38. The van der Waals surface area contributed by atoms with Gasteiger partial charge in [-0.25, -0.2) is 4.98 Å². The highest BCUT2D eigenvalue weighted by molar-refractivity contribution is 6.29. The zero-order valence-corrected chi connectivity index (χ0v) is 9.96. The molecule has 0 bridgehead atoms. The number of nitrogens with zero attached hydrogens (tertiary/aromatic N) is 1. The van der Waals surface area contributed by atoms with E-state index < -0.39 is 0 Å². The Morgan fingerprint density at radius 1 is 1.31 bits per heavy atom. The molecular weight excluding hydrogens is 226 g/mol. The average Bonchev–Trinajstić information content (AvgIpc) is 2.24. The molecule has 0 unspecified atom stereocenters. The van der Waals surface area contributed by atoms with Crippen molar-refractivity contribution >= 4 is 23.2 Å². The third kappa shape index (κ3) is 4.53. The highest BCUT2D eigenvalue weighted by Crippen LogP contribution is 2.11. The highest BCUT2D eigenvalue weighted by Gasteiger charge is 2.06. The molecule has 0 aliphatic heterocycles. The van der Waals surface area contributed by atoms with E-state index in [1.807, 2.05) is 0 Å². The van der Waals surface area contributed by atoms with E-state index in [4.69, 9.17) is 11.6 Å². The molecule has 0 atom stereocenters. The number of carbonyl (C=O) groups excluding carboxylic acids is 2. The molecule has 3 nitrogen and oxygen atoms in total. The summed E-state index contributed by atoms with van der Waals surface area (Å²) < 4.78 is 0. The molecule has 0 N–H and O–H groups in total. The van der Waals surface area contributed by atoms with Crippen molar-refractivity contribution in [2.45, 2.75) is 32.6 Å². The van der Waals surface area contributed by atoms with Gasteiger partial charge in [0.05, 0.1) is 0 Å². The number of Topliss-reactive ketones (excluding diaryl/α,β-unsaturated/α-hetero) is 2. The van der Waals surface area contributed by atoms with Gasteiger partial charge in [0, 0.05) is 24.6 Å². The van der Waals surface area contributed by atoms with Gasteiger partial charge in [0.1, 0.15) is 10.9 Å². The van der Waals surface area contributed by atoms with Crippen LogP contribution in [0.4, 0.5) is 0 Å². The van der Waals surface area contributed by atoms with Crippen molar-refractivity contribution in [3.05, 3.63) is 29.0 Å². The summed E-state index contributed by atoms with van der Waals surface area (Å²) in [6.07, 6.45) is 4.02. The lowest BCUT2D eigenvalue weighted by Gasteiger charge is -2.00. The normalized spacial score (nSPS) is 10.1. The summed E-state index contributed by atoms with van der Waals surface area (Å²) in [6, 6.07) is 3.22. The summed E-state index contributed by atoms with van der Waals surface area (Å²) >= 11 is 5.68. The number of rotatable bonds is 6. The number of halogens is 1. The SMILES string of the molecule is CC(=O)CCCCC(=O)c1ccnc(Cl)c1. The van der Waals surface area contributed by atoms with Gasteiger partial charge in [0.2, 0.25) is 0 Å². The minimum atomic E-state index is 0.0489. The lowest BCUT2D eigenvalue weighted by atomic mass is 10.1. The summed E-state index contributed by atoms with van der Waals surface area (Å²) in [5.74, 6) is 0.215. The van der Waals surface area contributed by atoms with Crippen LogP contribution in [0.15, 0.2) is 18.3 Å². The topological polar surface area (TPSA) is 47.0 Å². The Balaban J connectivity index is 2.38. The van der Waals surface area contributed by atoms with Crippen LogP contribution in [0.5, 0.6) is 0 Å². The van der Waals surface area contributed by atoms with E-state index in [1.54, 1.807) is 19.1 Å². The molecule has 0 radical (unpaired) electrons. The van der Waals surface area contributed by atoms with E-state index >= 15 is 0 Å². The zero-order chi connectivity index (χ0) is 12.0. The molecule has 1 rings (SSSR count). The standard InChI is InChI=1S/C12H14ClNO2/c1-9(15)4-2-3-5-11(16)10-6-7-14-12(13)8-10/h6-8H,2-5H2,1H3. The van der Waals surface area contributed by atoms with Crippen LogP contribution in [0.2, 0.25) is 5.15 Å². The smallest absolute Gasteiger partial charge is 0.163 e. The third-order valence-corrected chi connectivity index (χ3v) is 2.44. The van der Waals surface area contributed by atoms with Gasteiger partial charge in [-0.15, -0.1) is 0 Å². The molecule has 1 aromatic heterocycles. The fourth-order valence-corrected chi connectivity index (χ4v) is 1.55. The van der Waals surface area contributed by atoms with E-state index in [1.165, 1.54) is 6.20 Å². The van der Waals surface area contributed by atoms with E-state index in [0.29, 0.717) is 23.6 Å². The first-order chi connectivity index (χ1) is 7.59. The fraction of sp³-hybridized carbons (Fsp3) is 0.417. The van der Waals surface area contributed by atoms with Crippen molar-refractivity contribution in [1.29, 1.82) is 0 Å². The number of ketones is 2. The van der Waals surface area contributed by atoms with Gasteiger partial charge < -0.3 is 4.79 Å². The van der Waals surface area contributed by atoms with Crippen LogP contribution >= 0.6 is 11.6 Å². The molecule has 0 amide bonds. The predicted molar refractivity (Wildman–Crippen MR) is 62.7 cm³/mol. The molecule has 0 fully saturated rings. The Morgan fingerprint density at radius 3 is 2.62 bits per heavy atom. The van der Waals surface area contributed by atoms with Crippen LogP contribution in [0.1, 0.15) is 43.0 Å². The first-order valence-electron chi connectivity index (χ1n) is 5.24. The first-order valence-corrected chi connectivity index (χ1v) is 5.61. The summed E-state index contributed by atoms with van der Waals surface area (Å²) in [6.45, 7) is 1.56. The maximum Gasteiger partial charge on any atom is 0.163 e. The summed E-state index contributed by atoms with van der Waals surface area (Å²) in [7, 11) is 0. The van der Waals surface area contributed by atoms with Gasteiger partial charge in [-0.05, 0) is 31.9 Å². The van der Waals surface area contributed by atoms with Crippen molar-refractivity contribution < 1.29 is 9.59 Å². The molecule has 1 heterocycles. The quantitative estimate of drug-likeness (QED) is 0.435. The van der Waals surface area contributed by atoms with Crippen molar-refractivity contribution in [2.24, 2.45) is 0 Å². The Bertz CT molecular complexity index is 390. The molecular formula is C12H14ClNO2. The van der Waals surface area contributed by atoms with E-state index in [2.05, 4.69) is 4.98 Å². The maximum atomic E-state index is 11.7. The molecule has 4 heteroatoms. The van der Waals surface area contributed by atoms with Crippen LogP contribution in [0, 0.1) is 0 Å². The predicted octanol–water partition coefficient (Wildman–Crippen LogP) is 3.07. The van der Waals surface area contributed by atoms with Crippen LogP contribution in [-0.2, 0) is 4.79 Å². The Hall–Kier alpha value is -1.22. The monoisotopic (exact) mass is 239 g/mol. The van der Waals surface area contributed by atoms with Gasteiger partial charge in [0.15, 0.2) is 5.78 Å².